The van der Waals surface area contributed by atoms with Crippen LogP contribution in [0.15, 0.2) is 49.1 Å². The summed E-state index contributed by atoms with van der Waals surface area (Å²) >= 11 is 0. The predicted molar refractivity (Wildman–Crippen MR) is 88.8 cm³/mol. The van der Waals surface area contributed by atoms with Crippen LogP contribution in [0.5, 0.6) is 23.0 Å². The van der Waals surface area contributed by atoms with Gasteiger partial charge in [0.05, 0.1) is 7.11 Å². The number of rotatable bonds is 6. The molecule has 0 spiro atoms. The summed E-state index contributed by atoms with van der Waals surface area (Å²) in [6.07, 6.45) is 1.73. The lowest BCUT2D eigenvalue weighted by atomic mass is 9.92. The Labute approximate surface area is 136 Å². The first-order chi connectivity index (χ1) is 11.2. The molecule has 2 aromatic carbocycles. The van der Waals surface area contributed by atoms with Gasteiger partial charge in [-0.05, 0) is 23.8 Å². The maximum Gasteiger partial charge on any atom is 0.231 e. The van der Waals surface area contributed by atoms with E-state index >= 15 is 0 Å². The van der Waals surface area contributed by atoms with Crippen molar-refractivity contribution < 1.29 is 18.9 Å². The Morgan fingerprint density at radius 1 is 1.17 bits per heavy atom. The van der Waals surface area contributed by atoms with Crippen LogP contribution in [0.25, 0.3) is 0 Å². The summed E-state index contributed by atoms with van der Waals surface area (Å²) in [7, 11) is 1.66. The number of methoxy groups -OCH3 is 1. The zero-order valence-electron chi connectivity index (χ0n) is 13.4. The smallest absolute Gasteiger partial charge is 0.231 e. The Morgan fingerprint density at radius 3 is 2.52 bits per heavy atom. The Bertz CT molecular complexity index is 691. The van der Waals surface area contributed by atoms with Gasteiger partial charge in [-0.2, -0.15) is 0 Å². The minimum Gasteiger partial charge on any atom is -0.497 e. The largest absolute Gasteiger partial charge is 0.497 e. The van der Waals surface area contributed by atoms with Crippen LogP contribution in [0.1, 0.15) is 24.0 Å². The van der Waals surface area contributed by atoms with Crippen LogP contribution in [0.3, 0.4) is 0 Å². The van der Waals surface area contributed by atoms with E-state index in [9.17, 15) is 0 Å². The zero-order chi connectivity index (χ0) is 16.2. The van der Waals surface area contributed by atoms with Crippen molar-refractivity contribution in [3.63, 3.8) is 0 Å². The molecule has 1 unspecified atom stereocenters. The first-order valence-corrected chi connectivity index (χ1v) is 7.54. The summed E-state index contributed by atoms with van der Waals surface area (Å²) in [4.78, 5) is 0. The normalized spacial score (nSPS) is 13.5. The van der Waals surface area contributed by atoms with Gasteiger partial charge in [0.1, 0.15) is 18.1 Å². The van der Waals surface area contributed by atoms with Crippen molar-refractivity contribution in [1.29, 1.82) is 0 Å². The third kappa shape index (κ3) is 3.11. The van der Waals surface area contributed by atoms with Crippen LogP contribution >= 0.6 is 0 Å². The minimum absolute atomic E-state index is 0.148. The van der Waals surface area contributed by atoms with E-state index in [1.54, 1.807) is 13.2 Å². The summed E-state index contributed by atoms with van der Waals surface area (Å²) in [5, 5.41) is 0. The highest BCUT2D eigenvalue weighted by Gasteiger charge is 2.22. The fraction of sp³-hybridized carbons (Fsp3) is 0.263. The molecule has 23 heavy (non-hydrogen) atoms. The molecule has 0 saturated carbocycles. The molecule has 1 atom stereocenters. The first kappa shape index (κ1) is 15.3. The maximum atomic E-state index is 5.82. The zero-order valence-corrected chi connectivity index (χ0v) is 13.4. The van der Waals surface area contributed by atoms with Crippen LogP contribution in [0, 0.1) is 0 Å². The van der Waals surface area contributed by atoms with Crippen molar-refractivity contribution in [2.24, 2.45) is 0 Å². The fourth-order valence-electron chi connectivity index (χ4n) is 2.62. The Morgan fingerprint density at radius 2 is 1.87 bits per heavy atom. The van der Waals surface area contributed by atoms with E-state index in [0.717, 1.165) is 28.6 Å². The van der Waals surface area contributed by atoms with Crippen LogP contribution in [0.4, 0.5) is 0 Å². The highest BCUT2D eigenvalue weighted by molar-refractivity contribution is 5.54. The highest BCUT2D eigenvalue weighted by Crippen LogP contribution is 2.42. The van der Waals surface area contributed by atoms with Gasteiger partial charge in [-0.3, -0.25) is 0 Å². The third-order valence-corrected chi connectivity index (χ3v) is 3.94. The molecule has 0 aromatic heterocycles. The van der Waals surface area contributed by atoms with Crippen LogP contribution < -0.4 is 18.9 Å². The van der Waals surface area contributed by atoms with Crippen molar-refractivity contribution in [3.05, 3.63) is 60.2 Å². The molecule has 0 radical (unpaired) electrons. The number of hydrogen-bond acceptors (Lipinski definition) is 4. The summed E-state index contributed by atoms with van der Waals surface area (Å²) in [5.74, 6) is 3.25. The first-order valence-electron chi connectivity index (χ1n) is 7.54. The van der Waals surface area contributed by atoms with Crippen molar-refractivity contribution in [2.45, 2.75) is 12.8 Å². The Kier molecular flexibility index (Phi) is 4.42. The van der Waals surface area contributed by atoms with Gasteiger partial charge in [0.2, 0.25) is 6.79 Å². The second-order valence-electron chi connectivity index (χ2n) is 5.34. The van der Waals surface area contributed by atoms with Gasteiger partial charge in [0.15, 0.2) is 11.5 Å². The SMILES string of the molecule is C=CCOc1cc2c(cc1C(C)c1ccc(OC)cc1)OCO2. The molecule has 4 heteroatoms. The quantitative estimate of drug-likeness (QED) is 0.751. The molecule has 1 aliphatic rings. The van der Waals surface area contributed by atoms with Gasteiger partial charge in [-0.1, -0.05) is 31.7 Å². The summed E-state index contributed by atoms with van der Waals surface area (Å²) in [5.41, 5.74) is 2.23. The van der Waals surface area contributed by atoms with Gasteiger partial charge in [-0.15, -0.1) is 0 Å². The Balaban J connectivity index is 1.96. The molecule has 0 saturated heterocycles. The summed E-state index contributed by atoms with van der Waals surface area (Å²) < 4.78 is 22.0. The molecular weight excluding hydrogens is 292 g/mol. The lowest BCUT2D eigenvalue weighted by Crippen LogP contribution is -2.02. The number of benzene rings is 2. The van der Waals surface area contributed by atoms with Crippen molar-refractivity contribution in [1.82, 2.24) is 0 Å². The summed E-state index contributed by atoms with van der Waals surface area (Å²) in [6.45, 7) is 6.54. The molecule has 0 amide bonds. The highest BCUT2D eigenvalue weighted by atomic mass is 16.7. The lowest BCUT2D eigenvalue weighted by Gasteiger charge is -2.18. The van der Waals surface area contributed by atoms with Gasteiger partial charge in [0, 0.05) is 17.5 Å². The molecule has 0 N–H and O–H groups in total. The molecule has 0 aliphatic carbocycles. The molecule has 0 fully saturated rings. The van der Waals surface area contributed by atoms with E-state index < -0.39 is 0 Å². The van der Waals surface area contributed by atoms with E-state index in [1.807, 2.05) is 24.3 Å². The standard InChI is InChI=1S/C19H20O4/c1-4-9-21-17-11-19-18(22-12-23-19)10-16(17)13(2)14-5-7-15(20-3)8-6-14/h4-8,10-11,13H,1,9,12H2,2-3H3. The summed E-state index contributed by atoms with van der Waals surface area (Å²) in [6, 6.07) is 11.9. The average Bonchev–Trinajstić information content (AvgIpc) is 3.06. The second-order valence-corrected chi connectivity index (χ2v) is 5.34. The molecule has 1 heterocycles. The van der Waals surface area contributed by atoms with Crippen LogP contribution in [0.2, 0.25) is 0 Å². The third-order valence-electron chi connectivity index (χ3n) is 3.94. The Hall–Kier alpha value is -2.62. The molecular formula is C19H20O4. The van der Waals surface area contributed by atoms with Gasteiger partial charge < -0.3 is 18.9 Å². The van der Waals surface area contributed by atoms with Crippen LogP contribution in [-0.4, -0.2) is 20.5 Å². The van der Waals surface area contributed by atoms with E-state index in [1.165, 1.54) is 5.56 Å². The van der Waals surface area contributed by atoms with Crippen molar-refractivity contribution in [2.75, 3.05) is 20.5 Å². The van der Waals surface area contributed by atoms with E-state index in [2.05, 4.69) is 25.6 Å². The molecule has 0 bridgehead atoms. The number of ether oxygens (including phenoxy) is 4. The van der Waals surface area contributed by atoms with Crippen LogP contribution in [-0.2, 0) is 0 Å². The lowest BCUT2D eigenvalue weighted by molar-refractivity contribution is 0.174. The molecule has 4 nitrogen and oxygen atoms in total. The molecule has 3 rings (SSSR count). The monoisotopic (exact) mass is 312 g/mol. The minimum atomic E-state index is 0.148. The molecule has 2 aromatic rings. The fourth-order valence-corrected chi connectivity index (χ4v) is 2.62. The van der Waals surface area contributed by atoms with Gasteiger partial charge in [-0.25, -0.2) is 0 Å². The predicted octanol–water partition coefficient (Wildman–Crippen LogP) is 4.14. The number of fused-ring (bicyclic) bond motifs is 1. The van der Waals surface area contributed by atoms with E-state index in [0.29, 0.717) is 6.61 Å². The van der Waals surface area contributed by atoms with Gasteiger partial charge >= 0.3 is 0 Å². The number of hydrogen-bond donors (Lipinski definition) is 0. The van der Waals surface area contributed by atoms with E-state index in [-0.39, 0.29) is 12.7 Å². The second kappa shape index (κ2) is 6.65. The molecule has 1 aliphatic heterocycles. The van der Waals surface area contributed by atoms with Gasteiger partial charge in [0.25, 0.3) is 0 Å². The van der Waals surface area contributed by atoms with Crippen molar-refractivity contribution >= 4 is 0 Å². The van der Waals surface area contributed by atoms with E-state index in [4.69, 9.17) is 18.9 Å². The van der Waals surface area contributed by atoms with Crippen molar-refractivity contribution in [3.8, 4) is 23.0 Å². The topological polar surface area (TPSA) is 36.9 Å². The maximum absolute atomic E-state index is 5.82. The average molecular weight is 312 g/mol. The molecule has 120 valence electrons.